The highest BCUT2D eigenvalue weighted by Gasteiger charge is 2.16. The number of hydrogen-bond donors (Lipinski definition) is 3. The first-order valence-corrected chi connectivity index (χ1v) is 8.91. The molecule has 28 heavy (non-hydrogen) atoms. The summed E-state index contributed by atoms with van der Waals surface area (Å²) in [4.78, 5) is 12.0. The minimum absolute atomic E-state index is 0.191. The van der Waals surface area contributed by atoms with Crippen LogP contribution in [0.2, 0.25) is 0 Å². The molecule has 8 nitrogen and oxygen atoms in total. The summed E-state index contributed by atoms with van der Waals surface area (Å²) >= 11 is 0. The Morgan fingerprint density at radius 1 is 1.07 bits per heavy atom. The Balaban J connectivity index is 1.42. The Bertz CT molecular complexity index is 826. The number of benzene rings is 2. The molecule has 0 spiro atoms. The van der Waals surface area contributed by atoms with E-state index in [-0.39, 0.29) is 12.8 Å². The molecule has 1 heterocycles. The van der Waals surface area contributed by atoms with Crippen molar-refractivity contribution in [3.8, 4) is 23.0 Å². The van der Waals surface area contributed by atoms with Crippen molar-refractivity contribution in [3.63, 3.8) is 0 Å². The van der Waals surface area contributed by atoms with Crippen molar-refractivity contribution in [2.24, 2.45) is 0 Å². The van der Waals surface area contributed by atoms with Crippen molar-refractivity contribution in [1.82, 2.24) is 10.6 Å². The molecule has 0 saturated carbocycles. The molecule has 8 heteroatoms. The van der Waals surface area contributed by atoms with Crippen LogP contribution in [0, 0.1) is 0 Å². The number of urea groups is 1. The van der Waals surface area contributed by atoms with Crippen LogP contribution in [0.4, 0.5) is 4.79 Å². The number of rotatable bonds is 8. The van der Waals surface area contributed by atoms with Crippen LogP contribution in [-0.4, -0.2) is 38.7 Å². The molecule has 0 radical (unpaired) electrons. The van der Waals surface area contributed by atoms with Gasteiger partial charge in [-0.3, -0.25) is 0 Å². The topological polar surface area (TPSA) is 98.3 Å². The molecule has 1 atom stereocenters. The molecule has 1 aliphatic heterocycles. The molecule has 2 aromatic rings. The molecular weight excluding hydrogens is 364 g/mol. The van der Waals surface area contributed by atoms with E-state index < -0.39 is 6.10 Å². The molecule has 1 aliphatic rings. The normalized spacial score (nSPS) is 13.0. The summed E-state index contributed by atoms with van der Waals surface area (Å²) in [6, 6.07) is 10.4. The average molecular weight is 388 g/mol. The maximum absolute atomic E-state index is 12.0. The lowest BCUT2D eigenvalue weighted by molar-refractivity contribution is 0.165. The van der Waals surface area contributed by atoms with Gasteiger partial charge in [-0.25, -0.2) is 4.79 Å². The van der Waals surface area contributed by atoms with Crippen molar-refractivity contribution in [2.75, 3.05) is 27.6 Å². The Morgan fingerprint density at radius 2 is 1.86 bits per heavy atom. The molecule has 3 N–H and O–H groups in total. The number of fused-ring (bicyclic) bond motifs is 1. The van der Waals surface area contributed by atoms with Gasteiger partial charge in [0.2, 0.25) is 6.79 Å². The third-order valence-electron chi connectivity index (χ3n) is 4.39. The van der Waals surface area contributed by atoms with Crippen LogP contribution < -0.4 is 29.6 Å². The van der Waals surface area contributed by atoms with Crippen LogP contribution in [0.25, 0.3) is 0 Å². The van der Waals surface area contributed by atoms with E-state index in [1.165, 1.54) is 0 Å². The monoisotopic (exact) mass is 388 g/mol. The lowest BCUT2D eigenvalue weighted by atomic mass is 10.1. The molecule has 2 amide bonds. The van der Waals surface area contributed by atoms with Gasteiger partial charge in [0, 0.05) is 13.1 Å². The summed E-state index contributed by atoms with van der Waals surface area (Å²) in [6.07, 6.45) is -0.329. The summed E-state index contributed by atoms with van der Waals surface area (Å²) < 4.78 is 21.0. The van der Waals surface area contributed by atoms with E-state index >= 15 is 0 Å². The van der Waals surface area contributed by atoms with Crippen LogP contribution in [0.3, 0.4) is 0 Å². The first-order valence-electron chi connectivity index (χ1n) is 8.91. The van der Waals surface area contributed by atoms with Gasteiger partial charge in [-0.15, -0.1) is 0 Å². The average Bonchev–Trinajstić information content (AvgIpc) is 3.19. The third kappa shape index (κ3) is 4.77. The lowest BCUT2D eigenvalue weighted by Crippen LogP contribution is -2.36. The lowest BCUT2D eigenvalue weighted by Gasteiger charge is -2.13. The number of hydrogen-bond acceptors (Lipinski definition) is 6. The summed E-state index contributed by atoms with van der Waals surface area (Å²) in [5, 5.41) is 15.8. The Morgan fingerprint density at radius 3 is 2.64 bits per heavy atom. The van der Waals surface area contributed by atoms with Crippen molar-refractivity contribution in [3.05, 3.63) is 47.5 Å². The van der Waals surface area contributed by atoms with E-state index in [9.17, 15) is 9.90 Å². The molecule has 150 valence electrons. The van der Waals surface area contributed by atoms with Gasteiger partial charge in [-0.1, -0.05) is 12.1 Å². The van der Waals surface area contributed by atoms with Gasteiger partial charge < -0.3 is 34.7 Å². The van der Waals surface area contributed by atoms with Crippen LogP contribution in [0.15, 0.2) is 36.4 Å². The van der Waals surface area contributed by atoms with Gasteiger partial charge in [0.1, 0.15) is 0 Å². The fourth-order valence-corrected chi connectivity index (χ4v) is 2.84. The number of aliphatic hydroxyl groups excluding tert-OH is 1. The minimum Gasteiger partial charge on any atom is -0.493 e. The highest BCUT2D eigenvalue weighted by Crippen LogP contribution is 2.34. The maximum Gasteiger partial charge on any atom is 0.315 e. The number of amides is 2. The molecule has 2 aromatic carbocycles. The molecule has 0 bridgehead atoms. The van der Waals surface area contributed by atoms with Gasteiger partial charge in [-0.2, -0.15) is 0 Å². The van der Waals surface area contributed by atoms with Crippen molar-refractivity contribution < 1.29 is 28.8 Å². The SMILES string of the molecule is COc1ccc(CNC(=O)NCCC(O)c2ccc3c(c2)OCO3)cc1OC. The van der Waals surface area contributed by atoms with Gasteiger partial charge in [-0.05, 0) is 41.8 Å². The fourth-order valence-electron chi connectivity index (χ4n) is 2.84. The van der Waals surface area contributed by atoms with E-state index in [2.05, 4.69) is 10.6 Å². The number of methoxy groups -OCH3 is 2. The van der Waals surface area contributed by atoms with E-state index in [0.717, 1.165) is 11.1 Å². The first-order chi connectivity index (χ1) is 13.6. The number of carbonyl (C=O) groups is 1. The van der Waals surface area contributed by atoms with E-state index in [1.807, 2.05) is 12.1 Å². The van der Waals surface area contributed by atoms with E-state index in [1.54, 1.807) is 38.5 Å². The maximum atomic E-state index is 12.0. The van der Waals surface area contributed by atoms with Crippen molar-refractivity contribution in [1.29, 1.82) is 0 Å². The zero-order chi connectivity index (χ0) is 19.9. The smallest absolute Gasteiger partial charge is 0.315 e. The van der Waals surface area contributed by atoms with Crippen LogP contribution in [0.5, 0.6) is 23.0 Å². The van der Waals surface area contributed by atoms with Gasteiger partial charge in [0.05, 0.1) is 20.3 Å². The van der Waals surface area contributed by atoms with Gasteiger partial charge >= 0.3 is 6.03 Å². The molecule has 1 unspecified atom stereocenters. The molecule has 0 fully saturated rings. The van der Waals surface area contributed by atoms with Crippen LogP contribution >= 0.6 is 0 Å². The Labute approximate surface area is 163 Å². The van der Waals surface area contributed by atoms with Crippen LogP contribution in [-0.2, 0) is 6.54 Å². The zero-order valence-electron chi connectivity index (χ0n) is 15.9. The van der Waals surface area contributed by atoms with Crippen molar-refractivity contribution in [2.45, 2.75) is 19.1 Å². The van der Waals surface area contributed by atoms with Gasteiger partial charge in [0.25, 0.3) is 0 Å². The molecule has 0 saturated heterocycles. The highest BCUT2D eigenvalue weighted by atomic mass is 16.7. The minimum atomic E-state index is -0.708. The quantitative estimate of drug-likeness (QED) is 0.642. The number of nitrogens with one attached hydrogen (secondary N) is 2. The third-order valence-corrected chi connectivity index (χ3v) is 4.39. The van der Waals surface area contributed by atoms with Crippen LogP contribution in [0.1, 0.15) is 23.7 Å². The molecular formula is C20H24N2O6. The molecule has 0 aromatic heterocycles. The van der Waals surface area contributed by atoms with E-state index in [4.69, 9.17) is 18.9 Å². The second kappa shape index (κ2) is 9.18. The summed E-state index contributed by atoms with van der Waals surface area (Å²) in [5.41, 5.74) is 1.60. The standard InChI is InChI=1S/C20H24N2O6/c1-25-16-5-3-13(9-18(16)26-2)11-22-20(24)21-8-7-15(23)14-4-6-17-19(10-14)28-12-27-17/h3-6,9-10,15,23H,7-8,11-12H2,1-2H3,(H2,21,22,24). The predicted octanol–water partition coefficient (Wildman–Crippen LogP) is 2.36. The number of aliphatic hydroxyl groups is 1. The predicted molar refractivity (Wildman–Crippen MR) is 102 cm³/mol. The zero-order valence-corrected chi connectivity index (χ0v) is 15.9. The highest BCUT2D eigenvalue weighted by molar-refractivity contribution is 5.73. The summed E-state index contributed by atoms with van der Waals surface area (Å²) in [6.45, 7) is 0.862. The second-order valence-corrected chi connectivity index (χ2v) is 6.22. The Kier molecular flexibility index (Phi) is 6.44. The molecule has 3 rings (SSSR count). The fraction of sp³-hybridized carbons (Fsp3) is 0.350. The summed E-state index contributed by atoms with van der Waals surface area (Å²) in [5.74, 6) is 2.53. The molecule has 0 aliphatic carbocycles. The van der Waals surface area contributed by atoms with E-state index in [0.29, 0.717) is 42.5 Å². The largest absolute Gasteiger partial charge is 0.493 e. The number of ether oxygens (including phenoxy) is 4. The first kappa shape index (κ1) is 19.6. The Hall–Kier alpha value is -3.13. The number of carbonyl (C=O) groups excluding carboxylic acids is 1. The van der Waals surface area contributed by atoms with Gasteiger partial charge in [0.15, 0.2) is 23.0 Å². The second-order valence-electron chi connectivity index (χ2n) is 6.22. The van der Waals surface area contributed by atoms with Crippen molar-refractivity contribution >= 4 is 6.03 Å². The summed E-state index contributed by atoms with van der Waals surface area (Å²) in [7, 11) is 3.13.